The number of nitro groups is 2. The van der Waals surface area contributed by atoms with Crippen LogP contribution >= 0.6 is 0 Å². The van der Waals surface area contributed by atoms with Crippen LogP contribution in [0.25, 0.3) is 0 Å². The predicted molar refractivity (Wildman–Crippen MR) is 169 cm³/mol. The Morgan fingerprint density at radius 3 is 2.35 bits per heavy atom. The van der Waals surface area contributed by atoms with Crippen molar-refractivity contribution in [2.75, 3.05) is 0 Å². The van der Waals surface area contributed by atoms with Gasteiger partial charge in [0.1, 0.15) is 6.10 Å². The van der Waals surface area contributed by atoms with E-state index in [1.807, 2.05) is 0 Å². The Morgan fingerprint density at radius 1 is 1.05 bits per heavy atom. The van der Waals surface area contributed by atoms with Crippen molar-refractivity contribution in [3.8, 4) is 0 Å². The number of non-ortho nitro benzene ring substituents is 2. The van der Waals surface area contributed by atoms with E-state index in [9.17, 15) is 25.0 Å². The molecule has 1 aromatic carbocycles. The molecule has 0 unspecified atom stereocenters. The van der Waals surface area contributed by atoms with Crippen LogP contribution in [0.1, 0.15) is 96.3 Å². The van der Waals surface area contributed by atoms with E-state index in [4.69, 9.17) is 4.74 Å². The van der Waals surface area contributed by atoms with Crippen LogP contribution in [-0.2, 0) is 4.74 Å². The number of ether oxygens (including phenoxy) is 1. The molecule has 0 aromatic heterocycles. The number of hydrogen-bond donors (Lipinski definition) is 0. The molecule has 3 aliphatic rings. The fraction of sp³-hybridized carbons (Fsp3) is 0.571. The van der Waals surface area contributed by atoms with Crippen molar-refractivity contribution in [1.29, 1.82) is 0 Å². The Balaban J connectivity index is 1.46. The van der Waals surface area contributed by atoms with Gasteiger partial charge < -0.3 is 4.74 Å². The number of fused-ring (bicyclic) bond motifs is 1. The van der Waals surface area contributed by atoms with Gasteiger partial charge in [-0.3, -0.25) is 20.2 Å². The van der Waals surface area contributed by atoms with E-state index in [-0.39, 0.29) is 5.56 Å². The Bertz CT molecular complexity index is 1330. The van der Waals surface area contributed by atoms with Crippen LogP contribution in [0.5, 0.6) is 0 Å². The van der Waals surface area contributed by atoms with Crippen LogP contribution in [0, 0.1) is 55.2 Å². The lowest BCUT2D eigenvalue weighted by molar-refractivity contribution is -0.394. The summed E-state index contributed by atoms with van der Waals surface area (Å²) in [5.74, 6) is 2.24. The maximum Gasteiger partial charge on any atom is 0.338 e. The van der Waals surface area contributed by atoms with Crippen molar-refractivity contribution >= 4 is 17.3 Å². The fourth-order valence-corrected chi connectivity index (χ4v) is 7.11. The minimum Gasteiger partial charge on any atom is -0.458 e. The highest BCUT2D eigenvalue weighted by atomic mass is 16.6. The molecule has 0 bridgehead atoms. The van der Waals surface area contributed by atoms with Crippen LogP contribution in [0.4, 0.5) is 11.4 Å². The maximum absolute atomic E-state index is 12.9. The van der Waals surface area contributed by atoms with Gasteiger partial charge in [0.2, 0.25) is 0 Å². The molecule has 0 radical (unpaired) electrons. The Labute approximate surface area is 255 Å². The number of nitro benzene ring substituents is 2. The zero-order chi connectivity index (χ0) is 31.5. The van der Waals surface area contributed by atoms with Gasteiger partial charge in [0, 0.05) is 18.6 Å². The average Bonchev–Trinajstić information content (AvgIpc) is 3.33. The molecule has 0 spiro atoms. The van der Waals surface area contributed by atoms with Crippen molar-refractivity contribution in [3.63, 3.8) is 0 Å². The lowest BCUT2D eigenvalue weighted by Crippen LogP contribution is -2.27. The summed E-state index contributed by atoms with van der Waals surface area (Å²) in [5, 5.41) is 22.5. The lowest BCUT2D eigenvalue weighted by Gasteiger charge is -2.38. The normalized spacial score (nSPS) is 29.2. The van der Waals surface area contributed by atoms with Gasteiger partial charge in [0.25, 0.3) is 11.4 Å². The van der Waals surface area contributed by atoms with Crippen LogP contribution in [0.15, 0.2) is 65.8 Å². The minimum atomic E-state index is -0.798. The van der Waals surface area contributed by atoms with E-state index >= 15 is 0 Å². The molecule has 4 rings (SSSR count). The molecule has 232 valence electrons. The molecule has 6 atom stereocenters. The van der Waals surface area contributed by atoms with Gasteiger partial charge in [-0.25, -0.2) is 4.79 Å². The Morgan fingerprint density at radius 2 is 1.72 bits per heavy atom. The van der Waals surface area contributed by atoms with E-state index in [2.05, 4.69) is 65.5 Å². The molecular formula is C35H46N2O6. The number of carbonyl (C=O) groups excluding carboxylic acids is 1. The summed E-state index contributed by atoms with van der Waals surface area (Å²) >= 11 is 0. The highest BCUT2D eigenvalue weighted by Crippen LogP contribution is 2.58. The topological polar surface area (TPSA) is 113 Å². The van der Waals surface area contributed by atoms with Crippen molar-refractivity contribution in [2.45, 2.75) is 92.1 Å². The molecule has 0 amide bonds. The summed E-state index contributed by atoms with van der Waals surface area (Å²) in [6.07, 6.45) is 16.6. The van der Waals surface area contributed by atoms with Gasteiger partial charge in [-0.05, 0) is 85.5 Å². The summed E-state index contributed by atoms with van der Waals surface area (Å²) < 4.78 is 5.70. The molecule has 8 heteroatoms. The molecule has 1 aromatic rings. The summed E-state index contributed by atoms with van der Waals surface area (Å²) in [4.78, 5) is 33.9. The van der Waals surface area contributed by atoms with Gasteiger partial charge in [-0.1, -0.05) is 76.6 Å². The average molecular weight is 591 g/mol. The van der Waals surface area contributed by atoms with Crippen LogP contribution in [0.2, 0.25) is 0 Å². The molecule has 0 aliphatic heterocycles. The van der Waals surface area contributed by atoms with Gasteiger partial charge in [-0.2, -0.15) is 0 Å². The molecule has 3 fully saturated rings. The third kappa shape index (κ3) is 7.70. The molecule has 43 heavy (non-hydrogen) atoms. The van der Waals surface area contributed by atoms with Gasteiger partial charge >= 0.3 is 5.97 Å². The molecule has 0 saturated heterocycles. The summed E-state index contributed by atoms with van der Waals surface area (Å²) in [6, 6.07) is 2.88. The number of hydrogen-bond acceptors (Lipinski definition) is 6. The molecule has 3 aliphatic carbocycles. The van der Waals surface area contributed by atoms with Crippen molar-refractivity contribution < 1.29 is 19.4 Å². The highest BCUT2D eigenvalue weighted by molar-refractivity contribution is 5.91. The SMILES string of the molecule is C=C1CC[C@H](OC(=O)c2cc([N+](=O)[O-])cc([N+](=O)[O-])c2)C/C1=C\C=C1\CCC[C@]2(C)C[C@@H]([C@@H](C)/C=C/[C@H](C)C(C)C)C[C@@H]12. The molecule has 8 nitrogen and oxygen atoms in total. The van der Waals surface area contributed by atoms with E-state index < -0.39 is 33.3 Å². The number of nitrogens with zero attached hydrogens (tertiary/aromatic N) is 2. The van der Waals surface area contributed by atoms with E-state index in [0.29, 0.717) is 54.3 Å². The highest BCUT2D eigenvalue weighted by Gasteiger charge is 2.47. The summed E-state index contributed by atoms with van der Waals surface area (Å²) in [5.41, 5.74) is 2.66. The van der Waals surface area contributed by atoms with Crippen molar-refractivity contribution in [1.82, 2.24) is 0 Å². The number of esters is 1. The van der Waals surface area contributed by atoms with Crippen LogP contribution in [0.3, 0.4) is 0 Å². The van der Waals surface area contributed by atoms with Gasteiger partial charge in [-0.15, -0.1) is 0 Å². The summed E-state index contributed by atoms with van der Waals surface area (Å²) in [7, 11) is 0. The third-order valence-electron chi connectivity index (χ3n) is 10.3. The standard InChI is InChI=1S/C35H46N2O6/c1-22(2)23(3)9-10-25(5)29-19-33-26(8-7-15-35(33,6)21-29)12-13-27-18-32(14-11-24(27)4)43-34(38)28-16-30(36(39)40)20-31(17-28)37(41)42/h9-10,12-13,16-17,20,22-23,25,29,32-33H,4,7-8,11,14-15,18-19,21H2,1-3,5-6H3/b10-9+,26-12-,27-13+/t23-,25-,29-,32-,33-,35+/m0/s1. The number of carbonyl (C=O) groups is 1. The first kappa shape index (κ1) is 32.4. The predicted octanol–water partition coefficient (Wildman–Crippen LogP) is 9.32. The van der Waals surface area contributed by atoms with Crippen LogP contribution < -0.4 is 0 Å². The maximum atomic E-state index is 12.9. The molecule has 0 heterocycles. The fourth-order valence-electron chi connectivity index (χ4n) is 7.11. The number of rotatable bonds is 9. The minimum absolute atomic E-state index is 0.196. The second kappa shape index (κ2) is 13.4. The lowest BCUT2D eigenvalue weighted by atomic mass is 9.67. The van der Waals surface area contributed by atoms with E-state index in [1.54, 1.807) is 0 Å². The first-order chi connectivity index (χ1) is 20.3. The van der Waals surface area contributed by atoms with E-state index in [1.165, 1.54) is 31.3 Å². The largest absolute Gasteiger partial charge is 0.458 e. The van der Waals surface area contributed by atoms with Gasteiger partial charge in [0.15, 0.2) is 0 Å². The molecule has 3 saturated carbocycles. The Kier molecular flexibility index (Phi) is 10.1. The Hall–Kier alpha value is -3.55. The molecule has 0 N–H and O–H groups in total. The first-order valence-corrected chi connectivity index (χ1v) is 15.7. The van der Waals surface area contributed by atoms with E-state index in [0.717, 1.165) is 35.8 Å². The second-order valence-corrected chi connectivity index (χ2v) is 13.7. The zero-order valence-corrected chi connectivity index (χ0v) is 26.2. The molecular weight excluding hydrogens is 544 g/mol. The van der Waals surface area contributed by atoms with Crippen molar-refractivity contribution in [3.05, 3.63) is 91.6 Å². The monoisotopic (exact) mass is 590 g/mol. The van der Waals surface area contributed by atoms with Gasteiger partial charge in [0.05, 0.1) is 21.5 Å². The van der Waals surface area contributed by atoms with Crippen LogP contribution in [-0.4, -0.2) is 21.9 Å². The smallest absolute Gasteiger partial charge is 0.338 e. The van der Waals surface area contributed by atoms with Crippen molar-refractivity contribution in [2.24, 2.45) is 35.0 Å². The third-order valence-corrected chi connectivity index (χ3v) is 10.3. The first-order valence-electron chi connectivity index (χ1n) is 15.7. The second-order valence-electron chi connectivity index (χ2n) is 13.7. The number of allylic oxidation sites excluding steroid dienone is 6. The zero-order valence-electron chi connectivity index (χ0n) is 26.2. The quantitative estimate of drug-likeness (QED) is 0.123. The number of benzene rings is 1. The summed E-state index contributed by atoms with van der Waals surface area (Å²) in [6.45, 7) is 15.9.